The molecule has 47 heavy (non-hydrogen) atoms. The van der Waals surface area contributed by atoms with Crippen molar-refractivity contribution in [2.45, 2.75) is 61.9 Å². The molecule has 6 atom stereocenters. The van der Waals surface area contributed by atoms with E-state index in [0.29, 0.717) is 19.4 Å². The van der Waals surface area contributed by atoms with Crippen LogP contribution in [0.4, 0.5) is 4.79 Å². The number of hydrogen-bond acceptors (Lipinski definition) is 14. The predicted molar refractivity (Wildman–Crippen MR) is 165 cm³/mol. The van der Waals surface area contributed by atoms with Crippen LogP contribution in [0.5, 0.6) is 0 Å². The molecule has 22 heteroatoms. The Morgan fingerprint density at radius 2 is 1.72 bits per heavy atom. The molecule has 1 saturated heterocycles. The molecule has 8 amide bonds. The van der Waals surface area contributed by atoms with E-state index < -0.39 is 103 Å². The summed E-state index contributed by atoms with van der Waals surface area (Å²) in [7, 11) is 0. The van der Waals surface area contributed by atoms with Gasteiger partial charge in [0.1, 0.15) is 29.9 Å². The summed E-state index contributed by atoms with van der Waals surface area (Å²) in [5.41, 5.74) is 27.6. The first-order valence-corrected chi connectivity index (χ1v) is 14.7. The average Bonchev–Trinajstić information content (AvgIpc) is 3.02. The summed E-state index contributed by atoms with van der Waals surface area (Å²) in [5, 5.41) is 28.7. The lowest BCUT2D eigenvalue weighted by Gasteiger charge is -2.29. The third-order valence-electron chi connectivity index (χ3n) is 6.88. The van der Waals surface area contributed by atoms with Crippen molar-refractivity contribution < 1.29 is 38.7 Å². The van der Waals surface area contributed by atoms with Gasteiger partial charge >= 0.3 is 6.03 Å². The van der Waals surface area contributed by atoms with Crippen LogP contribution in [0.15, 0.2) is 16.9 Å². The number of primary amides is 1. The van der Waals surface area contributed by atoms with Crippen LogP contribution in [-0.2, 0) is 28.8 Å². The van der Waals surface area contributed by atoms with Crippen LogP contribution in [0.3, 0.4) is 0 Å². The van der Waals surface area contributed by atoms with Crippen LogP contribution in [0.1, 0.15) is 25.7 Å². The molecule has 0 aromatic heterocycles. The molecule has 2 aliphatic rings. The fourth-order valence-electron chi connectivity index (χ4n) is 4.33. The molecule has 1 fully saturated rings. The van der Waals surface area contributed by atoms with Gasteiger partial charge in [-0.3, -0.25) is 28.8 Å². The topological polar surface area (TPSA) is 378 Å². The molecule has 0 aromatic carbocycles. The molecule has 262 valence electrons. The van der Waals surface area contributed by atoms with Crippen LogP contribution in [0.2, 0.25) is 0 Å². The van der Waals surface area contributed by atoms with Crippen LogP contribution >= 0.6 is 0 Å². The minimum atomic E-state index is -1.63. The molecular weight excluding hydrogens is 624 g/mol. The lowest BCUT2D eigenvalue weighted by atomic mass is 10.0. The molecule has 0 spiro atoms. The highest BCUT2D eigenvalue weighted by Crippen LogP contribution is 2.09. The molecule has 19 N–H and O–H groups in total. The Morgan fingerprint density at radius 3 is 2.36 bits per heavy atom. The number of amides is 8. The van der Waals surface area contributed by atoms with Gasteiger partial charge < -0.3 is 76.3 Å². The zero-order valence-electron chi connectivity index (χ0n) is 25.5. The van der Waals surface area contributed by atoms with E-state index in [-0.39, 0.29) is 25.3 Å². The standard InChI is InChI=1S/C25H44N14O8/c26-4-1-2-11(27)6-17(41)32-8-14-20(43)35-15(9-34-25(30)47)21(44)39-18(13-3-5-31-24(29)38-13)23(46)33-7-12(28)19(42)37-16(10-40)22(45)36-14/h9,11-14,16,18,40H,1-8,10,26-28H2,(H,32,41)(H,33,46)(H,35,43)(H,36,45)(H,37,42)(H,39,44)(H3,29,31,38)(H3,30,34,47)/b15-9-/t11?,12-,13+,14-,16-,18-/m0/s1. The second-order valence-electron chi connectivity index (χ2n) is 10.7. The molecular formula is C25H44N14O8. The maximum Gasteiger partial charge on any atom is 0.316 e. The zero-order chi connectivity index (χ0) is 35.1. The Labute approximate surface area is 269 Å². The number of rotatable bonds is 10. The van der Waals surface area contributed by atoms with Crippen molar-refractivity contribution >= 4 is 47.4 Å². The van der Waals surface area contributed by atoms with Crippen LogP contribution in [0.25, 0.3) is 0 Å². The second-order valence-corrected chi connectivity index (χ2v) is 10.7. The van der Waals surface area contributed by atoms with Gasteiger partial charge in [0.15, 0.2) is 5.96 Å². The normalized spacial score (nSPS) is 26.3. The summed E-state index contributed by atoms with van der Waals surface area (Å²) in [6.45, 7) is -1.28. The van der Waals surface area contributed by atoms with Crippen molar-refractivity contribution in [2.75, 3.05) is 32.8 Å². The van der Waals surface area contributed by atoms with E-state index in [1.165, 1.54) is 0 Å². The number of aliphatic hydroxyl groups is 1. The number of aliphatic imine (C=N–C) groups is 1. The number of carbonyl (C=O) groups is 7. The van der Waals surface area contributed by atoms with Crippen LogP contribution in [0, 0.1) is 0 Å². The fraction of sp³-hybridized carbons (Fsp3) is 0.600. The monoisotopic (exact) mass is 668 g/mol. The van der Waals surface area contributed by atoms with Crippen LogP contribution in [-0.4, -0.2) is 122 Å². The summed E-state index contributed by atoms with van der Waals surface area (Å²) in [6.07, 6.45) is 1.85. The summed E-state index contributed by atoms with van der Waals surface area (Å²) >= 11 is 0. The molecule has 0 radical (unpaired) electrons. The minimum Gasteiger partial charge on any atom is -0.394 e. The van der Waals surface area contributed by atoms with Crippen molar-refractivity contribution in [1.82, 2.24) is 42.5 Å². The largest absolute Gasteiger partial charge is 0.394 e. The van der Waals surface area contributed by atoms with Gasteiger partial charge in [-0.25, -0.2) is 9.79 Å². The third kappa shape index (κ3) is 12.7. The van der Waals surface area contributed by atoms with E-state index in [2.05, 4.69) is 42.2 Å². The van der Waals surface area contributed by atoms with Gasteiger partial charge in [0.2, 0.25) is 29.5 Å². The van der Waals surface area contributed by atoms with Gasteiger partial charge in [0, 0.05) is 38.3 Å². The summed E-state index contributed by atoms with van der Waals surface area (Å²) in [6, 6.07) is -8.68. The van der Waals surface area contributed by atoms with Crippen molar-refractivity contribution in [3.8, 4) is 0 Å². The van der Waals surface area contributed by atoms with Gasteiger partial charge in [0.25, 0.3) is 5.91 Å². The lowest BCUT2D eigenvalue weighted by Crippen LogP contribution is -2.62. The highest BCUT2D eigenvalue weighted by molar-refractivity contribution is 6.02. The van der Waals surface area contributed by atoms with Gasteiger partial charge in [-0.1, -0.05) is 0 Å². The second kappa shape index (κ2) is 18.8. The maximum atomic E-state index is 13.5. The molecule has 2 aliphatic heterocycles. The first kappa shape index (κ1) is 38.1. The molecule has 22 nitrogen and oxygen atoms in total. The highest BCUT2D eigenvalue weighted by Gasteiger charge is 2.35. The van der Waals surface area contributed by atoms with E-state index in [4.69, 9.17) is 28.7 Å². The van der Waals surface area contributed by atoms with E-state index in [1.54, 1.807) is 0 Å². The molecule has 2 rings (SSSR count). The number of nitrogens with one attached hydrogen (secondary N) is 8. The molecule has 0 aromatic rings. The summed E-state index contributed by atoms with van der Waals surface area (Å²) < 4.78 is 0. The van der Waals surface area contributed by atoms with Crippen molar-refractivity contribution in [1.29, 1.82) is 0 Å². The Bertz CT molecular complexity index is 1240. The molecule has 0 saturated carbocycles. The number of carbonyl (C=O) groups excluding carboxylic acids is 7. The van der Waals surface area contributed by atoms with Crippen molar-refractivity contribution in [3.05, 3.63) is 11.9 Å². The van der Waals surface area contributed by atoms with Crippen LogP contribution < -0.4 is 71.2 Å². The van der Waals surface area contributed by atoms with E-state index >= 15 is 0 Å². The van der Waals surface area contributed by atoms with Gasteiger partial charge in [-0.05, 0) is 25.8 Å². The zero-order valence-corrected chi connectivity index (χ0v) is 25.5. The maximum absolute atomic E-state index is 13.5. The Balaban J connectivity index is 2.47. The quantitative estimate of drug-likeness (QED) is 0.0963. The number of hydrogen-bond donors (Lipinski definition) is 14. The smallest absolute Gasteiger partial charge is 0.316 e. The van der Waals surface area contributed by atoms with Gasteiger partial charge in [-0.2, -0.15) is 0 Å². The van der Waals surface area contributed by atoms with E-state index in [1.807, 2.05) is 5.32 Å². The lowest BCUT2D eigenvalue weighted by molar-refractivity contribution is -0.134. The number of aliphatic hydroxyl groups excluding tert-OH is 1. The molecule has 0 aliphatic carbocycles. The van der Waals surface area contributed by atoms with Crippen molar-refractivity contribution in [3.63, 3.8) is 0 Å². The molecule has 2 heterocycles. The number of urea groups is 1. The Hall–Kier alpha value is -5.06. The van der Waals surface area contributed by atoms with Gasteiger partial charge in [0.05, 0.1) is 12.6 Å². The highest BCUT2D eigenvalue weighted by atomic mass is 16.3. The van der Waals surface area contributed by atoms with Crippen molar-refractivity contribution in [2.24, 2.45) is 33.7 Å². The Kier molecular flexibility index (Phi) is 15.2. The fourth-order valence-corrected chi connectivity index (χ4v) is 4.33. The minimum absolute atomic E-state index is 0.0120. The number of nitrogens with zero attached hydrogens (tertiary/aromatic N) is 1. The van der Waals surface area contributed by atoms with E-state index in [9.17, 15) is 38.7 Å². The predicted octanol–water partition coefficient (Wildman–Crippen LogP) is -8.23. The SMILES string of the molecule is NCCCC(N)CC(=O)NC[C@@H]1NC(=O)[C@H](CO)NC(=O)[C@@H](N)CNC(=O)[C@H]([C@H]2CCNC(N)=N2)NC(=O)/C(=C/NC(N)=O)NC1=O. The first-order chi connectivity index (χ1) is 22.2. The Morgan fingerprint density at radius 1 is 1.02 bits per heavy atom. The third-order valence-corrected chi connectivity index (χ3v) is 6.88. The number of nitrogens with two attached hydrogens (primary N) is 5. The van der Waals surface area contributed by atoms with E-state index in [0.717, 1.165) is 6.20 Å². The summed E-state index contributed by atoms with van der Waals surface area (Å²) in [4.78, 5) is 94.0. The molecule has 0 bridgehead atoms. The molecule has 1 unspecified atom stereocenters. The number of guanidine groups is 1. The first-order valence-electron chi connectivity index (χ1n) is 14.7. The average molecular weight is 669 g/mol. The summed E-state index contributed by atoms with van der Waals surface area (Å²) in [5.74, 6) is -5.65. The van der Waals surface area contributed by atoms with Gasteiger partial charge in [-0.15, -0.1) is 0 Å².